The maximum atomic E-state index is 11.6. The molecule has 0 aromatic carbocycles. The van der Waals surface area contributed by atoms with Gasteiger partial charge in [-0.3, -0.25) is 14.3 Å². The molecule has 94 valence electrons. The molecule has 2 unspecified atom stereocenters. The van der Waals surface area contributed by atoms with Gasteiger partial charge in [0.1, 0.15) is 12.2 Å². The van der Waals surface area contributed by atoms with Crippen LogP contribution in [-0.4, -0.2) is 40.1 Å². The number of rotatable bonds is 2. The summed E-state index contributed by atoms with van der Waals surface area (Å²) in [6, 6.07) is 1.22. The molecule has 0 radical (unpaired) electrons. The zero-order valence-corrected chi connectivity index (χ0v) is 9.49. The molecule has 1 fully saturated rings. The summed E-state index contributed by atoms with van der Waals surface area (Å²) in [5.41, 5.74) is -1.07. The number of aromatic nitrogens is 2. The summed E-state index contributed by atoms with van der Waals surface area (Å²) in [4.78, 5) is 24.7. The third-order valence-electron chi connectivity index (χ3n) is 2.85. The first-order valence-electron chi connectivity index (χ1n) is 5.22. The van der Waals surface area contributed by atoms with Crippen molar-refractivity contribution in [2.45, 2.75) is 31.5 Å². The van der Waals surface area contributed by atoms with Gasteiger partial charge in [0, 0.05) is 19.4 Å². The fourth-order valence-corrected chi connectivity index (χ4v) is 1.92. The van der Waals surface area contributed by atoms with Crippen molar-refractivity contribution in [3.8, 4) is 0 Å². The van der Waals surface area contributed by atoms with Gasteiger partial charge >= 0.3 is 5.69 Å². The van der Waals surface area contributed by atoms with Crippen LogP contribution >= 0.6 is 0 Å². The first-order valence-corrected chi connectivity index (χ1v) is 5.22. The lowest BCUT2D eigenvalue weighted by molar-refractivity contribution is -0.0516. The first-order chi connectivity index (χ1) is 8.04. The molecule has 1 aliphatic rings. The third kappa shape index (κ3) is 2.04. The Morgan fingerprint density at radius 2 is 2.24 bits per heavy atom. The van der Waals surface area contributed by atoms with E-state index in [2.05, 4.69) is 4.98 Å². The number of methoxy groups -OCH3 is 1. The molecule has 4 atom stereocenters. The maximum absolute atomic E-state index is 11.6. The standard InChI is InChI=1S/C10H14N2O5/c1-5-7(14)8(16-2)9(17-5)12-4-3-6(13)11-10(12)15/h3-5,7-9,14H,1-2H3,(H,11,13,15)/t5-,7?,8?,9-/m0/s1. The number of hydrogen-bond donors (Lipinski definition) is 2. The van der Waals surface area contributed by atoms with E-state index in [1.54, 1.807) is 6.92 Å². The Bertz CT molecular complexity index is 508. The highest BCUT2D eigenvalue weighted by molar-refractivity contribution is 4.92. The average molecular weight is 242 g/mol. The van der Waals surface area contributed by atoms with Crippen LogP contribution in [0.1, 0.15) is 13.2 Å². The second kappa shape index (κ2) is 4.44. The minimum absolute atomic E-state index is 0.441. The van der Waals surface area contributed by atoms with E-state index in [0.717, 1.165) is 0 Å². The molecule has 1 saturated heterocycles. The predicted molar refractivity (Wildman–Crippen MR) is 57.7 cm³/mol. The Balaban J connectivity index is 2.40. The second-order valence-corrected chi connectivity index (χ2v) is 3.94. The smallest absolute Gasteiger partial charge is 0.330 e. The van der Waals surface area contributed by atoms with Crippen LogP contribution in [0, 0.1) is 0 Å². The summed E-state index contributed by atoms with van der Waals surface area (Å²) in [5.74, 6) is 0. The number of H-pyrrole nitrogens is 1. The van der Waals surface area contributed by atoms with Crippen molar-refractivity contribution >= 4 is 0 Å². The van der Waals surface area contributed by atoms with E-state index in [-0.39, 0.29) is 0 Å². The van der Waals surface area contributed by atoms with Crippen LogP contribution in [0.5, 0.6) is 0 Å². The van der Waals surface area contributed by atoms with Crippen LogP contribution in [0.2, 0.25) is 0 Å². The van der Waals surface area contributed by atoms with Crippen LogP contribution in [0.4, 0.5) is 0 Å². The van der Waals surface area contributed by atoms with Gasteiger partial charge in [-0.15, -0.1) is 0 Å². The quantitative estimate of drug-likeness (QED) is 0.681. The van der Waals surface area contributed by atoms with Gasteiger partial charge in [-0.25, -0.2) is 4.79 Å². The van der Waals surface area contributed by atoms with Gasteiger partial charge in [-0.1, -0.05) is 0 Å². The first kappa shape index (κ1) is 12.0. The third-order valence-corrected chi connectivity index (χ3v) is 2.85. The van der Waals surface area contributed by atoms with Gasteiger partial charge in [-0.05, 0) is 6.92 Å². The van der Waals surface area contributed by atoms with Crippen molar-refractivity contribution in [3.63, 3.8) is 0 Å². The fourth-order valence-electron chi connectivity index (χ4n) is 1.92. The largest absolute Gasteiger partial charge is 0.388 e. The van der Waals surface area contributed by atoms with E-state index in [1.165, 1.54) is 23.9 Å². The molecule has 7 nitrogen and oxygen atoms in total. The van der Waals surface area contributed by atoms with Gasteiger partial charge in [0.15, 0.2) is 6.23 Å². The zero-order valence-electron chi connectivity index (χ0n) is 9.49. The number of aliphatic hydroxyl groups excluding tert-OH is 1. The predicted octanol–water partition coefficient (Wildman–Crippen LogP) is -1.17. The molecule has 0 saturated carbocycles. The van der Waals surface area contributed by atoms with Crippen LogP contribution in [0.15, 0.2) is 21.9 Å². The molecule has 0 aliphatic carbocycles. The van der Waals surface area contributed by atoms with Crippen molar-refractivity contribution in [2.24, 2.45) is 0 Å². The van der Waals surface area contributed by atoms with E-state index in [4.69, 9.17) is 9.47 Å². The van der Waals surface area contributed by atoms with Crippen LogP contribution in [-0.2, 0) is 9.47 Å². The minimum atomic E-state index is -0.816. The number of aromatic amines is 1. The average Bonchev–Trinajstić information content (AvgIpc) is 2.55. The summed E-state index contributed by atoms with van der Waals surface area (Å²) in [7, 11) is 1.43. The molecule has 2 N–H and O–H groups in total. The molecule has 17 heavy (non-hydrogen) atoms. The lowest BCUT2D eigenvalue weighted by Crippen LogP contribution is -2.38. The van der Waals surface area contributed by atoms with Crippen LogP contribution in [0.3, 0.4) is 0 Å². The monoisotopic (exact) mass is 242 g/mol. The number of ether oxygens (including phenoxy) is 2. The van der Waals surface area contributed by atoms with E-state index in [1.807, 2.05) is 0 Å². The Hall–Kier alpha value is -1.44. The molecule has 1 aromatic rings. The summed E-state index contributed by atoms with van der Waals surface area (Å²) >= 11 is 0. The Labute approximate surface area is 96.6 Å². The van der Waals surface area contributed by atoms with Crippen LogP contribution in [0.25, 0.3) is 0 Å². The highest BCUT2D eigenvalue weighted by atomic mass is 16.6. The highest BCUT2D eigenvalue weighted by Gasteiger charge is 2.43. The van der Waals surface area contributed by atoms with Crippen molar-refractivity contribution < 1.29 is 14.6 Å². The molecule has 0 bridgehead atoms. The van der Waals surface area contributed by atoms with Crippen molar-refractivity contribution in [1.29, 1.82) is 0 Å². The van der Waals surface area contributed by atoms with Gasteiger partial charge in [0.2, 0.25) is 0 Å². The second-order valence-electron chi connectivity index (χ2n) is 3.94. The SMILES string of the molecule is COC1C(O)[C@H](C)O[C@@H]1n1ccc(=O)[nH]c1=O. The zero-order chi connectivity index (χ0) is 12.6. The lowest BCUT2D eigenvalue weighted by atomic mass is 10.1. The summed E-state index contributed by atoms with van der Waals surface area (Å²) < 4.78 is 11.8. The summed E-state index contributed by atoms with van der Waals surface area (Å²) in [6.07, 6.45) is -1.32. The summed E-state index contributed by atoms with van der Waals surface area (Å²) in [5, 5.41) is 9.80. The molecular weight excluding hydrogens is 228 g/mol. The normalized spacial score (nSPS) is 32.9. The molecule has 0 amide bonds. The van der Waals surface area contributed by atoms with Crippen LogP contribution < -0.4 is 11.2 Å². The number of nitrogens with zero attached hydrogens (tertiary/aromatic N) is 1. The molecule has 7 heteroatoms. The van der Waals surface area contributed by atoms with Crippen molar-refractivity contribution in [3.05, 3.63) is 33.1 Å². The molecule has 1 aromatic heterocycles. The lowest BCUT2D eigenvalue weighted by Gasteiger charge is -2.20. The number of nitrogens with one attached hydrogen (secondary N) is 1. The van der Waals surface area contributed by atoms with Gasteiger partial charge in [0.05, 0.1) is 6.10 Å². The molecular formula is C10H14N2O5. The molecule has 0 spiro atoms. The van der Waals surface area contributed by atoms with E-state index in [9.17, 15) is 14.7 Å². The van der Waals surface area contributed by atoms with Gasteiger partial charge in [0.25, 0.3) is 5.56 Å². The Kier molecular flexibility index (Phi) is 3.14. The van der Waals surface area contributed by atoms with E-state index >= 15 is 0 Å². The summed E-state index contributed by atoms with van der Waals surface area (Å²) in [6.45, 7) is 1.69. The topological polar surface area (TPSA) is 93.5 Å². The Morgan fingerprint density at radius 1 is 1.53 bits per heavy atom. The Morgan fingerprint density at radius 3 is 2.82 bits per heavy atom. The van der Waals surface area contributed by atoms with Crippen molar-refractivity contribution in [1.82, 2.24) is 9.55 Å². The number of aliphatic hydroxyl groups is 1. The highest BCUT2D eigenvalue weighted by Crippen LogP contribution is 2.29. The van der Waals surface area contributed by atoms with Crippen molar-refractivity contribution in [2.75, 3.05) is 7.11 Å². The molecule has 2 heterocycles. The molecule has 1 aliphatic heterocycles. The van der Waals surface area contributed by atoms with Gasteiger partial charge in [-0.2, -0.15) is 0 Å². The minimum Gasteiger partial charge on any atom is -0.388 e. The molecule has 2 rings (SSSR count). The van der Waals surface area contributed by atoms with E-state index in [0.29, 0.717) is 0 Å². The van der Waals surface area contributed by atoms with E-state index < -0.39 is 35.8 Å². The maximum Gasteiger partial charge on any atom is 0.330 e. The fraction of sp³-hybridized carbons (Fsp3) is 0.600. The number of hydrogen-bond acceptors (Lipinski definition) is 5. The van der Waals surface area contributed by atoms with Gasteiger partial charge < -0.3 is 14.6 Å².